The third-order valence-corrected chi connectivity index (χ3v) is 3.84. The van der Waals surface area contributed by atoms with Crippen LogP contribution in [0.2, 0.25) is 0 Å². The van der Waals surface area contributed by atoms with Crippen molar-refractivity contribution in [1.29, 1.82) is 5.26 Å². The van der Waals surface area contributed by atoms with Crippen molar-refractivity contribution in [2.45, 2.75) is 32.7 Å². The molecule has 1 aromatic carbocycles. The monoisotopic (exact) mass is 200 g/mol. The standard InChI is InChI=1S/C13H16N2/c1-12(2)7-10-5-4-9(8-14)6-11(10)13(12,3)15/h4-6H,7,15H2,1-3H3. The third-order valence-electron chi connectivity index (χ3n) is 3.84. The molecule has 0 heterocycles. The van der Waals surface area contributed by atoms with Crippen molar-refractivity contribution in [1.82, 2.24) is 0 Å². The van der Waals surface area contributed by atoms with E-state index >= 15 is 0 Å². The summed E-state index contributed by atoms with van der Waals surface area (Å²) in [6.07, 6.45) is 0.987. The number of benzene rings is 1. The molecule has 1 aliphatic rings. The smallest absolute Gasteiger partial charge is 0.0991 e. The molecule has 1 aliphatic carbocycles. The molecule has 2 N–H and O–H groups in total. The van der Waals surface area contributed by atoms with E-state index in [2.05, 4.69) is 26.8 Å². The SMILES string of the molecule is CC1(C)Cc2ccc(C#N)cc2C1(C)N. The molecule has 0 amide bonds. The number of fused-ring (bicyclic) bond motifs is 1. The summed E-state index contributed by atoms with van der Waals surface area (Å²) in [6, 6.07) is 8.01. The summed E-state index contributed by atoms with van der Waals surface area (Å²) in [7, 11) is 0. The predicted octanol–water partition coefficient (Wildman–Crippen LogP) is 2.31. The molecule has 0 aliphatic heterocycles. The predicted molar refractivity (Wildman–Crippen MR) is 60.2 cm³/mol. The van der Waals surface area contributed by atoms with Crippen molar-refractivity contribution in [3.05, 3.63) is 34.9 Å². The minimum Gasteiger partial charge on any atom is -0.321 e. The van der Waals surface area contributed by atoms with Crippen LogP contribution in [-0.4, -0.2) is 0 Å². The second-order valence-corrected chi connectivity index (χ2v) is 5.25. The van der Waals surface area contributed by atoms with Gasteiger partial charge in [-0.1, -0.05) is 19.9 Å². The van der Waals surface area contributed by atoms with E-state index in [1.807, 2.05) is 18.2 Å². The van der Waals surface area contributed by atoms with E-state index in [4.69, 9.17) is 11.0 Å². The van der Waals surface area contributed by atoms with Crippen LogP contribution in [0.1, 0.15) is 37.5 Å². The molecule has 2 nitrogen and oxygen atoms in total. The first-order chi connectivity index (χ1) is 6.88. The molecule has 0 saturated carbocycles. The topological polar surface area (TPSA) is 49.8 Å². The molecule has 1 unspecified atom stereocenters. The van der Waals surface area contributed by atoms with Gasteiger partial charge < -0.3 is 5.73 Å². The van der Waals surface area contributed by atoms with E-state index in [0.717, 1.165) is 12.0 Å². The summed E-state index contributed by atoms with van der Waals surface area (Å²) >= 11 is 0. The fraction of sp³-hybridized carbons (Fsp3) is 0.462. The highest BCUT2D eigenvalue weighted by atomic mass is 14.8. The molecular formula is C13H16N2. The Morgan fingerprint density at radius 1 is 1.33 bits per heavy atom. The molecule has 0 radical (unpaired) electrons. The highest BCUT2D eigenvalue weighted by Gasteiger charge is 2.46. The van der Waals surface area contributed by atoms with E-state index in [0.29, 0.717) is 5.56 Å². The lowest BCUT2D eigenvalue weighted by molar-refractivity contribution is 0.211. The van der Waals surface area contributed by atoms with Crippen LogP contribution in [0.25, 0.3) is 0 Å². The van der Waals surface area contributed by atoms with Crippen LogP contribution < -0.4 is 5.73 Å². The molecule has 78 valence electrons. The number of nitrogens with two attached hydrogens (primary N) is 1. The Balaban J connectivity index is 2.62. The Morgan fingerprint density at radius 2 is 2.00 bits per heavy atom. The van der Waals surface area contributed by atoms with Crippen molar-refractivity contribution in [3.63, 3.8) is 0 Å². The largest absolute Gasteiger partial charge is 0.321 e. The lowest BCUT2D eigenvalue weighted by Crippen LogP contribution is -2.43. The lowest BCUT2D eigenvalue weighted by Gasteiger charge is -2.35. The summed E-state index contributed by atoms with van der Waals surface area (Å²) in [5.41, 5.74) is 9.21. The third kappa shape index (κ3) is 1.27. The summed E-state index contributed by atoms with van der Waals surface area (Å²) in [5, 5.41) is 8.88. The second kappa shape index (κ2) is 2.84. The molecule has 1 atom stereocenters. The highest BCUT2D eigenvalue weighted by Crippen LogP contribution is 2.47. The van der Waals surface area contributed by atoms with Crippen molar-refractivity contribution < 1.29 is 0 Å². The van der Waals surface area contributed by atoms with Crippen molar-refractivity contribution in [3.8, 4) is 6.07 Å². The lowest BCUT2D eigenvalue weighted by atomic mass is 9.75. The second-order valence-electron chi connectivity index (χ2n) is 5.25. The van der Waals surface area contributed by atoms with Crippen LogP contribution >= 0.6 is 0 Å². The zero-order chi connectivity index (χ0) is 11.3. The fourth-order valence-electron chi connectivity index (χ4n) is 2.31. The molecule has 0 aromatic heterocycles. The normalized spacial score (nSPS) is 27.1. The van der Waals surface area contributed by atoms with Gasteiger partial charge >= 0.3 is 0 Å². The van der Waals surface area contributed by atoms with Crippen LogP contribution in [0.15, 0.2) is 18.2 Å². The summed E-state index contributed by atoms with van der Waals surface area (Å²) in [5.74, 6) is 0. The molecule has 0 saturated heterocycles. The van der Waals surface area contributed by atoms with Gasteiger partial charge in [-0.15, -0.1) is 0 Å². The Hall–Kier alpha value is -1.33. The first kappa shape index (κ1) is 10.2. The maximum atomic E-state index is 8.88. The zero-order valence-electron chi connectivity index (χ0n) is 9.46. The van der Waals surface area contributed by atoms with Crippen molar-refractivity contribution in [2.24, 2.45) is 11.1 Å². The minimum absolute atomic E-state index is 0.0589. The maximum Gasteiger partial charge on any atom is 0.0991 e. The van der Waals surface area contributed by atoms with E-state index in [1.54, 1.807) is 0 Å². The quantitative estimate of drug-likeness (QED) is 0.698. The fourth-order valence-corrected chi connectivity index (χ4v) is 2.31. The van der Waals surface area contributed by atoms with Crippen LogP contribution in [0.4, 0.5) is 0 Å². The van der Waals surface area contributed by atoms with Gasteiger partial charge in [0.1, 0.15) is 0 Å². The summed E-state index contributed by atoms with van der Waals surface area (Å²) in [6.45, 7) is 6.41. The average molecular weight is 200 g/mol. The van der Waals surface area contributed by atoms with Crippen LogP contribution in [-0.2, 0) is 12.0 Å². The molecule has 1 aromatic rings. The Kier molecular flexibility index (Phi) is 1.93. The number of nitrogens with zero attached hydrogens (tertiary/aromatic N) is 1. The van der Waals surface area contributed by atoms with Gasteiger partial charge in [0.2, 0.25) is 0 Å². The Labute approximate surface area is 90.7 Å². The van der Waals surface area contributed by atoms with Gasteiger partial charge in [-0.05, 0) is 42.0 Å². The first-order valence-corrected chi connectivity index (χ1v) is 5.21. The van der Waals surface area contributed by atoms with Crippen LogP contribution in [0.5, 0.6) is 0 Å². The minimum atomic E-state index is -0.338. The molecule has 0 bridgehead atoms. The van der Waals surface area contributed by atoms with Crippen LogP contribution in [0.3, 0.4) is 0 Å². The van der Waals surface area contributed by atoms with Gasteiger partial charge in [0.25, 0.3) is 0 Å². The van der Waals surface area contributed by atoms with E-state index in [-0.39, 0.29) is 11.0 Å². The number of rotatable bonds is 0. The molecular weight excluding hydrogens is 184 g/mol. The van der Waals surface area contributed by atoms with Crippen LogP contribution in [0, 0.1) is 16.7 Å². The average Bonchev–Trinajstić information content (AvgIpc) is 2.34. The van der Waals surface area contributed by atoms with Gasteiger partial charge in [-0.2, -0.15) is 5.26 Å². The number of hydrogen-bond acceptors (Lipinski definition) is 2. The Morgan fingerprint density at radius 3 is 2.60 bits per heavy atom. The van der Waals surface area contributed by atoms with Gasteiger partial charge in [0.05, 0.1) is 11.6 Å². The first-order valence-electron chi connectivity index (χ1n) is 5.21. The Bertz CT molecular complexity index is 450. The van der Waals surface area contributed by atoms with Gasteiger partial charge in [-0.25, -0.2) is 0 Å². The molecule has 15 heavy (non-hydrogen) atoms. The molecule has 2 rings (SSSR count). The summed E-state index contributed by atoms with van der Waals surface area (Å²) < 4.78 is 0. The number of hydrogen-bond donors (Lipinski definition) is 1. The molecule has 0 spiro atoms. The van der Waals surface area contributed by atoms with Gasteiger partial charge in [0.15, 0.2) is 0 Å². The highest BCUT2D eigenvalue weighted by molar-refractivity contribution is 5.46. The van der Waals surface area contributed by atoms with E-state index in [1.165, 1.54) is 5.56 Å². The van der Waals surface area contributed by atoms with Gasteiger partial charge in [-0.3, -0.25) is 0 Å². The van der Waals surface area contributed by atoms with Gasteiger partial charge in [0, 0.05) is 5.54 Å². The van der Waals surface area contributed by atoms with E-state index < -0.39 is 0 Å². The maximum absolute atomic E-state index is 8.88. The number of nitriles is 1. The van der Waals surface area contributed by atoms with E-state index in [9.17, 15) is 0 Å². The van der Waals surface area contributed by atoms with Crippen molar-refractivity contribution >= 4 is 0 Å². The molecule has 0 fully saturated rings. The zero-order valence-corrected chi connectivity index (χ0v) is 9.46. The van der Waals surface area contributed by atoms with Crippen molar-refractivity contribution in [2.75, 3.05) is 0 Å². The summed E-state index contributed by atoms with van der Waals surface area (Å²) in [4.78, 5) is 0. The molecule has 2 heteroatoms.